The summed E-state index contributed by atoms with van der Waals surface area (Å²) in [6.07, 6.45) is 5.49. The van der Waals surface area contributed by atoms with Crippen molar-refractivity contribution < 1.29 is 24.6 Å². The smallest absolute Gasteiger partial charge is 0.414 e. The van der Waals surface area contributed by atoms with Crippen LogP contribution in [0.5, 0.6) is 0 Å². The van der Waals surface area contributed by atoms with Crippen molar-refractivity contribution in [1.29, 1.82) is 0 Å². The van der Waals surface area contributed by atoms with Gasteiger partial charge in [0.25, 0.3) is 0 Å². The van der Waals surface area contributed by atoms with E-state index in [0.717, 1.165) is 44.0 Å². The maximum Gasteiger partial charge on any atom is 0.414 e. The minimum Gasteiger partial charge on any atom is -0.473 e. The molecule has 1 aliphatic rings. The van der Waals surface area contributed by atoms with E-state index in [2.05, 4.69) is 39.8 Å². The fourth-order valence-electron chi connectivity index (χ4n) is 4.59. The molecule has 1 aromatic heterocycles. The topological polar surface area (TPSA) is 116 Å². The summed E-state index contributed by atoms with van der Waals surface area (Å²) in [5.41, 5.74) is 1.81. The summed E-state index contributed by atoms with van der Waals surface area (Å²) in [7, 11) is 2.02. The summed E-state index contributed by atoms with van der Waals surface area (Å²) >= 11 is 0. The number of nitrogens with zero attached hydrogens (tertiary/aromatic N) is 4. The zero-order chi connectivity index (χ0) is 25.4. The van der Waals surface area contributed by atoms with Crippen molar-refractivity contribution in [3.63, 3.8) is 0 Å². The summed E-state index contributed by atoms with van der Waals surface area (Å²) < 4.78 is 2.06. The Morgan fingerprint density at radius 2 is 1.49 bits per heavy atom. The number of amides is 1. The van der Waals surface area contributed by atoms with E-state index in [4.69, 9.17) is 24.8 Å². The monoisotopic (exact) mass is 478 g/mol. The first-order valence-electron chi connectivity index (χ1n) is 11.3. The molecule has 9 heteroatoms. The van der Waals surface area contributed by atoms with Gasteiger partial charge in [0, 0.05) is 51.7 Å². The van der Waals surface area contributed by atoms with Gasteiger partial charge in [-0.05, 0) is 30.5 Å². The number of carbonyl (C=O) groups excluding carboxylic acids is 1. The maximum absolute atomic E-state index is 12.9. The largest absolute Gasteiger partial charge is 0.473 e. The van der Waals surface area contributed by atoms with Crippen LogP contribution in [0.1, 0.15) is 31.2 Å². The molecule has 184 valence electrons. The SMILES string of the molecule is CC(=O)N(c1ccccc1)C1(c2nccn2C)CCN(Cc2ccccc2)CC1.O=C(O)C(=O)O. The summed E-state index contributed by atoms with van der Waals surface area (Å²) in [5, 5.41) is 14.8. The molecule has 9 nitrogen and oxygen atoms in total. The van der Waals surface area contributed by atoms with Crippen LogP contribution in [-0.2, 0) is 33.5 Å². The molecule has 0 unspecified atom stereocenters. The minimum atomic E-state index is -1.82. The molecule has 0 bridgehead atoms. The van der Waals surface area contributed by atoms with Gasteiger partial charge in [0.05, 0.1) is 0 Å². The van der Waals surface area contributed by atoms with Crippen molar-refractivity contribution in [2.24, 2.45) is 7.05 Å². The van der Waals surface area contributed by atoms with E-state index in [1.807, 2.05) is 54.7 Å². The molecule has 2 aromatic carbocycles. The van der Waals surface area contributed by atoms with Crippen molar-refractivity contribution in [3.05, 3.63) is 84.4 Å². The van der Waals surface area contributed by atoms with Gasteiger partial charge < -0.3 is 14.8 Å². The van der Waals surface area contributed by atoms with Crippen molar-refractivity contribution in [2.75, 3.05) is 18.0 Å². The van der Waals surface area contributed by atoms with Crippen molar-refractivity contribution >= 4 is 23.5 Å². The molecule has 0 aliphatic carbocycles. The third-order valence-electron chi connectivity index (χ3n) is 6.11. The number of imidazole rings is 1. The van der Waals surface area contributed by atoms with Crippen LogP contribution in [0.2, 0.25) is 0 Å². The number of anilines is 1. The van der Waals surface area contributed by atoms with Crippen LogP contribution in [0.15, 0.2) is 73.1 Å². The molecule has 1 fully saturated rings. The van der Waals surface area contributed by atoms with E-state index in [1.165, 1.54) is 5.56 Å². The molecular weight excluding hydrogens is 448 g/mol. The highest BCUT2D eigenvalue weighted by atomic mass is 16.4. The van der Waals surface area contributed by atoms with Crippen LogP contribution in [0, 0.1) is 0 Å². The third kappa shape index (κ3) is 6.13. The van der Waals surface area contributed by atoms with Gasteiger partial charge in [-0.3, -0.25) is 14.6 Å². The highest BCUT2D eigenvalue weighted by Crippen LogP contribution is 2.41. The van der Waals surface area contributed by atoms with Gasteiger partial charge in [-0.2, -0.15) is 0 Å². The van der Waals surface area contributed by atoms with Gasteiger partial charge in [-0.15, -0.1) is 0 Å². The zero-order valence-electron chi connectivity index (χ0n) is 19.9. The number of piperidine rings is 1. The second kappa shape index (κ2) is 11.4. The third-order valence-corrected chi connectivity index (χ3v) is 6.11. The van der Waals surface area contributed by atoms with Gasteiger partial charge in [-0.1, -0.05) is 48.5 Å². The minimum absolute atomic E-state index is 0.0516. The Labute approximate surface area is 204 Å². The number of aryl methyl sites for hydroxylation is 1. The lowest BCUT2D eigenvalue weighted by atomic mass is 9.83. The fourth-order valence-corrected chi connectivity index (χ4v) is 4.59. The highest BCUT2D eigenvalue weighted by molar-refractivity contribution is 6.27. The molecule has 1 saturated heterocycles. The molecule has 2 heterocycles. The lowest BCUT2D eigenvalue weighted by Crippen LogP contribution is -2.56. The molecule has 3 aromatic rings. The number of hydrogen-bond acceptors (Lipinski definition) is 5. The van der Waals surface area contributed by atoms with E-state index >= 15 is 0 Å². The number of carboxylic acids is 2. The van der Waals surface area contributed by atoms with Crippen LogP contribution in [-0.4, -0.2) is 55.6 Å². The molecule has 2 N–H and O–H groups in total. The highest BCUT2D eigenvalue weighted by Gasteiger charge is 2.46. The lowest BCUT2D eigenvalue weighted by molar-refractivity contribution is -0.159. The number of rotatable bonds is 5. The standard InChI is InChI=1S/C24H28N4O.C2H2O4/c1-20(29)28(22-11-7-4-8-12-22)24(23-25-15-18-26(23)2)13-16-27(17-14-24)19-21-9-5-3-6-10-21;3-1(4)2(5)6/h3-12,15,18H,13-14,16-17,19H2,1-2H3;(H,3,4)(H,5,6). The first kappa shape index (κ1) is 25.6. The summed E-state index contributed by atoms with van der Waals surface area (Å²) in [6, 6.07) is 20.6. The fraction of sp³-hybridized carbons (Fsp3) is 0.308. The molecule has 0 radical (unpaired) electrons. The van der Waals surface area contributed by atoms with Gasteiger partial charge >= 0.3 is 11.9 Å². The number of carbonyl (C=O) groups is 3. The van der Waals surface area contributed by atoms with Gasteiger partial charge in [0.1, 0.15) is 11.4 Å². The number of aliphatic carboxylic acids is 2. The molecule has 4 rings (SSSR count). The number of likely N-dealkylation sites (tertiary alicyclic amines) is 1. The average Bonchev–Trinajstić information content (AvgIpc) is 3.28. The van der Waals surface area contributed by atoms with Crippen LogP contribution in [0.3, 0.4) is 0 Å². The van der Waals surface area contributed by atoms with E-state index in [-0.39, 0.29) is 5.91 Å². The first-order valence-corrected chi connectivity index (χ1v) is 11.3. The average molecular weight is 479 g/mol. The lowest BCUT2D eigenvalue weighted by Gasteiger charge is -2.48. The molecule has 0 saturated carbocycles. The summed E-state index contributed by atoms with van der Waals surface area (Å²) in [6.45, 7) is 4.42. The normalized spacial score (nSPS) is 14.9. The van der Waals surface area contributed by atoms with E-state index in [1.54, 1.807) is 6.92 Å². The Morgan fingerprint density at radius 1 is 0.943 bits per heavy atom. The Kier molecular flexibility index (Phi) is 8.38. The predicted octanol–water partition coefficient (Wildman–Crippen LogP) is 3.12. The first-order chi connectivity index (χ1) is 16.7. The Bertz CT molecular complexity index is 1130. The molecule has 1 amide bonds. The second-order valence-electron chi connectivity index (χ2n) is 8.46. The zero-order valence-corrected chi connectivity index (χ0v) is 19.9. The van der Waals surface area contributed by atoms with Gasteiger partial charge in [-0.25, -0.2) is 14.6 Å². The molecule has 35 heavy (non-hydrogen) atoms. The Balaban J connectivity index is 0.000000509. The maximum atomic E-state index is 12.9. The number of hydrogen-bond donors (Lipinski definition) is 2. The van der Waals surface area contributed by atoms with Crippen LogP contribution in [0.4, 0.5) is 5.69 Å². The van der Waals surface area contributed by atoms with Crippen molar-refractivity contribution in [3.8, 4) is 0 Å². The second-order valence-corrected chi connectivity index (χ2v) is 8.46. The number of para-hydroxylation sites is 1. The molecular formula is C26H30N4O5. The molecule has 0 spiro atoms. The van der Waals surface area contributed by atoms with Crippen molar-refractivity contribution in [2.45, 2.75) is 31.8 Å². The summed E-state index contributed by atoms with van der Waals surface area (Å²) in [4.78, 5) is 40.2. The predicted molar refractivity (Wildman–Crippen MR) is 131 cm³/mol. The molecule has 1 aliphatic heterocycles. The van der Waals surface area contributed by atoms with Gasteiger partial charge in [0.15, 0.2) is 0 Å². The quantitative estimate of drug-likeness (QED) is 0.541. The summed E-state index contributed by atoms with van der Waals surface area (Å²) in [5.74, 6) is -2.64. The Morgan fingerprint density at radius 3 is 1.94 bits per heavy atom. The van der Waals surface area contributed by atoms with E-state index < -0.39 is 17.5 Å². The number of benzene rings is 2. The van der Waals surface area contributed by atoms with Crippen LogP contribution in [0.25, 0.3) is 0 Å². The number of aromatic nitrogens is 2. The van der Waals surface area contributed by atoms with Crippen LogP contribution < -0.4 is 4.90 Å². The van der Waals surface area contributed by atoms with E-state index in [0.29, 0.717) is 0 Å². The molecule has 0 atom stereocenters. The Hall–Kier alpha value is -3.98. The van der Waals surface area contributed by atoms with Crippen molar-refractivity contribution in [1.82, 2.24) is 14.5 Å². The van der Waals surface area contributed by atoms with Crippen LogP contribution >= 0.6 is 0 Å². The van der Waals surface area contributed by atoms with Gasteiger partial charge in [0.2, 0.25) is 5.91 Å². The van der Waals surface area contributed by atoms with E-state index in [9.17, 15) is 4.79 Å². The number of carboxylic acid groups (broad SMARTS) is 2.